The van der Waals surface area contributed by atoms with Crippen LogP contribution in [0.15, 0.2) is 78.9 Å². The van der Waals surface area contributed by atoms with Crippen LogP contribution >= 0.6 is 11.6 Å². The highest BCUT2D eigenvalue weighted by atomic mass is 35.5. The van der Waals surface area contributed by atoms with Crippen molar-refractivity contribution in [2.45, 2.75) is 19.0 Å². The van der Waals surface area contributed by atoms with Gasteiger partial charge in [0.05, 0.1) is 11.9 Å². The van der Waals surface area contributed by atoms with E-state index in [2.05, 4.69) is 5.32 Å². The maximum Gasteiger partial charge on any atom is 0.244 e. The van der Waals surface area contributed by atoms with Crippen LogP contribution in [0.5, 0.6) is 0 Å². The van der Waals surface area contributed by atoms with Crippen molar-refractivity contribution >= 4 is 39.1 Å². The monoisotopic (exact) mass is 531 g/mol. The number of halogens is 2. The van der Waals surface area contributed by atoms with Gasteiger partial charge < -0.3 is 10.2 Å². The van der Waals surface area contributed by atoms with Gasteiger partial charge in [-0.1, -0.05) is 54.1 Å². The van der Waals surface area contributed by atoms with E-state index < -0.39 is 40.2 Å². The molecule has 0 saturated carbocycles. The Kier molecular flexibility index (Phi) is 9.06. The van der Waals surface area contributed by atoms with Crippen molar-refractivity contribution < 1.29 is 22.4 Å². The number of hydrogen-bond donors (Lipinski definition) is 1. The fourth-order valence-corrected chi connectivity index (χ4v) is 4.84. The summed E-state index contributed by atoms with van der Waals surface area (Å²) >= 11 is 6.14. The summed E-state index contributed by atoms with van der Waals surface area (Å²) in [7, 11) is -2.43. The highest BCUT2D eigenvalue weighted by Crippen LogP contribution is 2.21. The molecule has 0 spiro atoms. The van der Waals surface area contributed by atoms with Crippen molar-refractivity contribution in [3.63, 3.8) is 0 Å². The lowest BCUT2D eigenvalue weighted by Crippen LogP contribution is -2.52. The highest BCUT2D eigenvalue weighted by molar-refractivity contribution is 7.92. The molecule has 0 fully saturated rings. The van der Waals surface area contributed by atoms with Crippen molar-refractivity contribution in [3.8, 4) is 0 Å². The zero-order valence-corrected chi connectivity index (χ0v) is 21.5. The summed E-state index contributed by atoms with van der Waals surface area (Å²) in [6.45, 7) is -0.557. The first kappa shape index (κ1) is 27.2. The molecule has 0 aliphatic carbocycles. The van der Waals surface area contributed by atoms with Gasteiger partial charge in [0.2, 0.25) is 21.8 Å². The Morgan fingerprint density at radius 3 is 2.19 bits per heavy atom. The lowest BCUT2D eigenvalue weighted by atomic mass is 10.0. The van der Waals surface area contributed by atoms with Crippen molar-refractivity contribution in [2.24, 2.45) is 0 Å². The van der Waals surface area contributed by atoms with Crippen molar-refractivity contribution in [2.75, 3.05) is 24.2 Å². The number of benzene rings is 3. The fraction of sp³-hybridized carbons (Fsp3) is 0.231. The first-order valence-electron chi connectivity index (χ1n) is 11.1. The van der Waals surface area contributed by atoms with Gasteiger partial charge in [-0.05, 0) is 47.5 Å². The number of nitrogens with one attached hydrogen (secondary N) is 1. The minimum Gasteiger partial charge on any atom is -0.357 e. The number of hydrogen-bond acceptors (Lipinski definition) is 4. The Hall–Kier alpha value is -3.43. The number of carbonyl (C=O) groups is 2. The number of sulfonamides is 1. The molecule has 0 unspecified atom stereocenters. The zero-order valence-electron chi connectivity index (χ0n) is 19.9. The Balaban J connectivity index is 2.02. The second-order valence-electron chi connectivity index (χ2n) is 8.22. The quantitative estimate of drug-likeness (QED) is 0.433. The molecule has 1 N–H and O–H groups in total. The molecule has 0 heterocycles. The van der Waals surface area contributed by atoms with E-state index in [9.17, 15) is 22.4 Å². The molecule has 2 amide bonds. The number of likely N-dealkylation sites (N-methyl/N-ethyl adjacent to an activating group) is 1. The van der Waals surface area contributed by atoms with E-state index in [1.165, 1.54) is 24.1 Å². The largest absolute Gasteiger partial charge is 0.357 e. The normalized spacial score (nSPS) is 12.0. The standard InChI is InChI=1S/C26H27ClFN3O4S/c1-29-26(33)24(16-19-7-4-3-5-8-19)30(17-20-9-6-10-21(27)15-20)25(32)18-31(36(2,34)35)23-13-11-22(28)12-14-23/h3-15,24H,16-18H2,1-2H3,(H,29,33)/t24-/m1/s1. The summed E-state index contributed by atoms with van der Waals surface area (Å²) < 4.78 is 39.5. The van der Waals surface area contributed by atoms with Gasteiger partial charge in [-0.2, -0.15) is 0 Å². The molecule has 3 aromatic carbocycles. The minimum absolute atomic E-state index is 0.0192. The minimum atomic E-state index is -3.91. The molecular weight excluding hydrogens is 505 g/mol. The molecule has 190 valence electrons. The summed E-state index contributed by atoms with van der Waals surface area (Å²) in [5.74, 6) is -1.54. The fourth-order valence-electron chi connectivity index (χ4n) is 3.77. The Bertz CT molecular complexity index is 1300. The maximum absolute atomic E-state index is 13.7. The molecule has 10 heteroatoms. The van der Waals surface area contributed by atoms with E-state index in [-0.39, 0.29) is 18.7 Å². The third-order valence-electron chi connectivity index (χ3n) is 5.55. The molecule has 7 nitrogen and oxygen atoms in total. The van der Waals surface area contributed by atoms with E-state index in [0.717, 1.165) is 28.3 Å². The van der Waals surface area contributed by atoms with Crippen molar-refractivity contribution in [3.05, 3.63) is 101 Å². The van der Waals surface area contributed by atoms with Gasteiger partial charge >= 0.3 is 0 Å². The van der Waals surface area contributed by atoms with Crippen LogP contribution in [-0.4, -0.2) is 51.0 Å². The second-order valence-corrected chi connectivity index (χ2v) is 10.6. The SMILES string of the molecule is CNC(=O)[C@@H](Cc1ccccc1)N(Cc1cccc(Cl)c1)C(=O)CN(c1ccc(F)cc1)S(C)(=O)=O. The number of carbonyl (C=O) groups excluding carboxylic acids is 2. The van der Waals surface area contributed by atoms with Crippen LogP contribution in [-0.2, 0) is 32.6 Å². The van der Waals surface area contributed by atoms with Crippen LogP contribution in [0.25, 0.3) is 0 Å². The molecule has 0 bridgehead atoms. The van der Waals surface area contributed by atoms with Crippen LogP contribution in [0.2, 0.25) is 5.02 Å². The summed E-state index contributed by atoms with van der Waals surface area (Å²) in [6, 6.07) is 19.9. The molecule has 0 radical (unpaired) electrons. The number of amides is 2. The lowest BCUT2D eigenvalue weighted by Gasteiger charge is -2.33. The van der Waals surface area contributed by atoms with E-state index in [4.69, 9.17) is 11.6 Å². The zero-order chi connectivity index (χ0) is 26.3. The topological polar surface area (TPSA) is 86.8 Å². The van der Waals surface area contributed by atoms with E-state index in [1.54, 1.807) is 24.3 Å². The van der Waals surface area contributed by atoms with Gasteiger partial charge in [-0.3, -0.25) is 13.9 Å². The van der Waals surface area contributed by atoms with Gasteiger partial charge in [0.25, 0.3) is 0 Å². The third-order valence-corrected chi connectivity index (χ3v) is 6.93. The lowest BCUT2D eigenvalue weighted by molar-refractivity contribution is -0.139. The molecule has 0 aliphatic heterocycles. The van der Waals surface area contributed by atoms with E-state index in [0.29, 0.717) is 10.6 Å². The second kappa shape index (κ2) is 12.0. The van der Waals surface area contributed by atoms with Crippen molar-refractivity contribution in [1.29, 1.82) is 0 Å². The molecule has 0 aliphatic rings. The van der Waals surface area contributed by atoms with Gasteiger partial charge in [-0.15, -0.1) is 0 Å². The first-order valence-corrected chi connectivity index (χ1v) is 13.3. The average molecular weight is 532 g/mol. The Morgan fingerprint density at radius 1 is 0.972 bits per heavy atom. The van der Waals surface area contributed by atoms with Gasteiger partial charge in [0.15, 0.2) is 0 Å². The number of rotatable bonds is 10. The smallest absolute Gasteiger partial charge is 0.244 e. The van der Waals surface area contributed by atoms with Crippen molar-refractivity contribution in [1.82, 2.24) is 10.2 Å². The van der Waals surface area contributed by atoms with Crippen LogP contribution in [0.1, 0.15) is 11.1 Å². The van der Waals surface area contributed by atoms with Crippen LogP contribution in [0.3, 0.4) is 0 Å². The van der Waals surface area contributed by atoms with Gasteiger partial charge in [0, 0.05) is 25.0 Å². The van der Waals surface area contributed by atoms with E-state index >= 15 is 0 Å². The Morgan fingerprint density at radius 2 is 1.61 bits per heavy atom. The summed E-state index contributed by atoms with van der Waals surface area (Å²) in [6.07, 6.45) is 1.17. The summed E-state index contributed by atoms with van der Waals surface area (Å²) in [5.41, 5.74) is 1.63. The molecule has 3 rings (SSSR count). The third kappa shape index (κ3) is 7.29. The summed E-state index contributed by atoms with van der Waals surface area (Å²) in [4.78, 5) is 28.1. The first-order chi connectivity index (χ1) is 17.1. The van der Waals surface area contributed by atoms with Crippen LogP contribution in [0, 0.1) is 5.82 Å². The Labute approximate surface area is 215 Å². The molecule has 0 aromatic heterocycles. The molecule has 1 atom stereocenters. The van der Waals surface area contributed by atoms with Gasteiger partial charge in [0.1, 0.15) is 18.4 Å². The predicted octanol–water partition coefficient (Wildman–Crippen LogP) is 3.63. The molecule has 0 saturated heterocycles. The van der Waals surface area contributed by atoms with Crippen LogP contribution < -0.4 is 9.62 Å². The molecule has 3 aromatic rings. The number of nitrogens with zero attached hydrogens (tertiary/aromatic N) is 2. The average Bonchev–Trinajstić information content (AvgIpc) is 2.84. The molecular formula is C26H27ClFN3O4S. The maximum atomic E-state index is 13.7. The highest BCUT2D eigenvalue weighted by Gasteiger charge is 2.32. The van der Waals surface area contributed by atoms with E-state index in [1.807, 2.05) is 30.3 Å². The van der Waals surface area contributed by atoms with Crippen LogP contribution in [0.4, 0.5) is 10.1 Å². The summed E-state index contributed by atoms with van der Waals surface area (Å²) in [5, 5.41) is 3.07. The number of anilines is 1. The molecule has 36 heavy (non-hydrogen) atoms. The predicted molar refractivity (Wildman–Crippen MR) is 139 cm³/mol. The van der Waals surface area contributed by atoms with Gasteiger partial charge in [-0.25, -0.2) is 12.8 Å².